The topological polar surface area (TPSA) is 512 Å². The number of hydrogen-bond donors (Lipinski definition) is 16. The van der Waals surface area contributed by atoms with Crippen LogP contribution >= 0.6 is 33.4 Å². The fourth-order valence-corrected chi connectivity index (χ4v) is 10.7. The molecule has 13 rings (SSSR count). The molecule has 16 N–H and O–H groups in total. The molecule has 0 saturated heterocycles. The zero-order valence-electron chi connectivity index (χ0n) is 68.7. The predicted octanol–water partition coefficient (Wildman–Crippen LogP) is 18.1. The van der Waals surface area contributed by atoms with Gasteiger partial charge in [-0.2, -0.15) is 0 Å². The summed E-state index contributed by atoms with van der Waals surface area (Å²) in [6.45, 7) is 14.7. The molecule has 0 spiro atoms. The van der Waals surface area contributed by atoms with Gasteiger partial charge in [0.25, 0.3) is 0 Å². The molecular formula is C90H93ClIN2O29PdSi-. The van der Waals surface area contributed by atoms with Crippen LogP contribution in [0.1, 0.15) is 58.9 Å². The molecule has 0 aliphatic rings. The van der Waals surface area contributed by atoms with E-state index in [9.17, 15) is 65.1 Å². The van der Waals surface area contributed by atoms with Crippen LogP contribution in [-0.2, 0) is 30.0 Å². The van der Waals surface area contributed by atoms with Crippen molar-refractivity contribution in [1.29, 1.82) is 0 Å². The Kier molecular flexibility index (Phi) is 40.8. The third kappa shape index (κ3) is 30.5. The maximum absolute atomic E-state index is 12.2. The Morgan fingerprint density at radius 3 is 1.27 bits per heavy atom. The largest absolute Gasteiger partial charge is 0.508 e. The van der Waals surface area contributed by atoms with E-state index in [2.05, 4.69) is 57.7 Å². The van der Waals surface area contributed by atoms with Gasteiger partial charge < -0.3 is 131 Å². The number of oxime groups is 1. The first-order valence-electron chi connectivity index (χ1n) is 35.7. The molecule has 0 aliphatic heterocycles. The van der Waals surface area contributed by atoms with E-state index in [-0.39, 0.29) is 196 Å². The molecule has 0 saturated carbocycles. The quantitative estimate of drug-likeness (QED) is 0.00391. The van der Waals surface area contributed by atoms with E-state index in [0.717, 1.165) is 94.4 Å². The molecule has 666 valence electrons. The van der Waals surface area contributed by atoms with Gasteiger partial charge in [0.2, 0.25) is 0 Å². The second-order valence-corrected chi connectivity index (χ2v) is 40.7. The second-order valence-electron chi connectivity index (χ2n) is 26.5. The number of benzene rings is 10. The van der Waals surface area contributed by atoms with Crippen LogP contribution in [0.25, 0.3) is 67.2 Å². The van der Waals surface area contributed by atoms with Gasteiger partial charge in [-0.1, -0.05) is 91.3 Å². The van der Waals surface area contributed by atoms with E-state index in [0.29, 0.717) is 45.2 Å². The number of carbonyl (C=O) groups excluding carboxylic acids is 2. The van der Waals surface area contributed by atoms with Crippen molar-refractivity contribution in [3.63, 3.8) is 0 Å². The number of hydrogen-bond acceptors (Lipinski definition) is 31. The van der Waals surface area contributed by atoms with E-state index in [1.807, 2.05) is 45.0 Å². The summed E-state index contributed by atoms with van der Waals surface area (Å²) in [7, 11) is 7.75. The van der Waals surface area contributed by atoms with Gasteiger partial charge in [0.15, 0.2) is 50.6 Å². The number of nitrogens with zero attached hydrogens (tertiary/aromatic N) is 2. The molecule has 125 heavy (non-hydrogen) atoms. The number of phenolic OH excluding ortho intramolecular Hbond substituents is 15. The van der Waals surface area contributed by atoms with Crippen molar-refractivity contribution >= 4 is 77.8 Å². The minimum Gasteiger partial charge on any atom is -0.508 e. The van der Waals surface area contributed by atoms with Gasteiger partial charge in [0, 0.05) is 133 Å². The number of Topliss-reactive ketones (excluding diaryl/α,β-unsaturated/α-hetero) is 1. The molecule has 0 bridgehead atoms. The number of phenols is 15. The molecular weight excluding hydrogens is 1870 g/mol. The number of ether oxygens (including phenoxy) is 6. The number of aromatic hydroxyl groups is 15. The Labute approximate surface area is 749 Å². The molecule has 3 heterocycles. The molecule has 13 aromatic rings. The van der Waals surface area contributed by atoms with Gasteiger partial charge in [-0.15, -0.1) is 28.2 Å². The summed E-state index contributed by atoms with van der Waals surface area (Å²) in [5.41, 5.74) is 4.95. The van der Waals surface area contributed by atoms with Gasteiger partial charge in [-0.3, -0.25) is 19.2 Å². The van der Waals surface area contributed by atoms with E-state index in [1.165, 1.54) is 50.6 Å². The normalized spacial score (nSPS) is 10.2. The number of ketones is 1. The summed E-state index contributed by atoms with van der Waals surface area (Å²) >= 11 is 8.13. The summed E-state index contributed by atoms with van der Waals surface area (Å²) in [5, 5.41) is 155. The standard InChI is InChI=1S/C17H15NO5.C17H14O6.C15H10O6.C13H16O4.C9H10ClNO2.C8H6O3.C6H6O3.C3H9ISi.CH4.CH3.Pd/c1-9-3-4-10(5-15(9)22-2)12-8-16(23-18-12)17-13(20)6-11(19)7-14(17)21;1-21-13-4-3-9(5-15(13)22-2)14-8-12(20)17-11(19)6-10(18)7-16(17)23-14;16-8-4-11(19)15-12(20)6-13(21-14(15)5-8)7-1-2-9(17)10(18)3-7;1-4-17-13(15)8-11(14)10-6-5-9(2)12(7-10)16-3;1-6-3-4-7(9(10)11-12)5-8(6)13-2;1-2-6-7(10)3-5(9)4-8(6)11;7-4-1-5(8)3-6(9)2-4;1-5(2,3)4;;;/h3-8,19-21H,1-2H3;3-8,18-19H,1-2H3;1-6,16-19H;5-7H,4,8H2,1-3H3;3-5,12H,1-2H3;1,3-4,9-11H;1-3,7-9H;1-3H3;1H4;1H3;/q;;;;;;;;;-1;/b;;;;11-9-;;;;;;. The maximum Gasteiger partial charge on any atom is 0.313 e. The van der Waals surface area contributed by atoms with Crippen molar-refractivity contribution < 1.29 is 154 Å². The molecule has 31 nitrogen and oxygen atoms in total. The predicted molar refractivity (Wildman–Crippen MR) is 479 cm³/mol. The Hall–Kier alpha value is -14.1. The van der Waals surface area contributed by atoms with E-state index in [4.69, 9.17) is 95.6 Å². The van der Waals surface area contributed by atoms with Crippen LogP contribution in [-0.4, -0.2) is 152 Å². The smallest absolute Gasteiger partial charge is 0.313 e. The molecule has 10 aromatic carbocycles. The van der Waals surface area contributed by atoms with E-state index < -0.39 is 22.4 Å². The number of methoxy groups -OCH3 is 5. The van der Waals surface area contributed by atoms with Crippen LogP contribution < -0.4 is 34.5 Å². The van der Waals surface area contributed by atoms with Crippen LogP contribution in [0.15, 0.2) is 204 Å². The Balaban J connectivity index is 0.000000379. The summed E-state index contributed by atoms with van der Waals surface area (Å²) in [4.78, 5) is 47.2. The van der Waals surface area contributed by atoms with Crippen molar-refractivity contribution in [2.75, 3.05) is 42.2 Å². The summed E-state index contributed by atoms with van der Waals surface area (Å²) in [5.74, 6) is 1.16. The fourth-order valence-electron chi connectivity index (χ4n) is 10.6. The Bertz CT molecular complexity index is 6000. The number of terminal acetylenes is 1. The van der Waals surface area contributed by atoms with Crippen LogP contribution in [0.5, 0.6) is 115 Å². The summed E-state index contributed by atoms with van der Waals surface area (Å²) < 4.78 is 46.9. The van der Waals surface area contributed by atoms with Crippen LogP contribution in [0.2, 0.25) is 19.6 Å². The summed E-state index contributed by atoms with van der Waals surface area (Å²) in [6.07, 6.45) is 4.71. The number of rotatable bonds is 14. The van der Waals surface area contributed by atoms with E-state index in [1.54, 1.807) is 82.9 Å². The molecule has 0 amide bonds. The molecule has 0 fully saturated rings. The van der Waals surface area contributed by atoms with Crippen molar-refractivity contribution in [1.82, 2.24) is 5.16 Å². The zero-order chi connectivity index (χ0) is 90.7. The molecule has 0 unspecified atom stereocenters. The fraction of sp³-hybridized carbons (Fsp3) is 0.167. The first-order chi connectivity index (χ1) is 57.6. The summed E-state index contributed by atoms with van der Waals surface area (Å²) in [6, 6.07) is 41.5. The van der Waals surface area contributed by atoms with Crippen LogP contribution in [0.3, 0.4) is 0 Å². The second kappa shape index (κ2) is 48.5. The first kappa shape index (κ1) is 105. The molecule has 0 aliphatic carbocycles. The monoisotopic (exact) mass is 1960 g/mol. The van der Waals surface area contributed by atoms with Gasteiger partial charge in [-0.25, -0.2) is 0 Å². The van der Waals surface area contributed by atoms with Crippen molar-refractivity contribution in [3.8, 4) is 173 Å². The van der Waals surface area contributed by atoms with Crippen molar-refractivity contribution in [2.45, 2.75) is 61.2 Å². The molecule has 0 atom stereocenters. The number of esters is 1. The number of carbonyl (C=O) groups is 2. The third-order valence-electron chi connectivity index (χ3n) is 16.2. The van der Waals surface area contributed by atoms with Crippen LogP contribution in [0.4, 0.5) is 0 Å². The Morgan fingerprint density at radius 2 is 0.840 bits per heavy atom. The third-order valence-corrected chi connectivity index (χ3v) is 16.5. The Morgan fingerprint density at radius 1 is 0.464 bits per heavy atom. The number of halogens is 2. The van der Waals surface area contributed by atoms with Gasteiger partial charge in [0.05, 0.1) is 42.2 Å². The van der Waals surface area contributed by atoms with Crippen molar-refractivity contribution in [3.05, 3.63) is 237 Å². The van der Waals surface area contributed by atoms with Gasteiger partial charge >= 0.3 is 5.97 Å². The number of aromatic nitrogens is 1. The molecule has 35 heteroatoms. The molecule has 3 aromatic heterocycles. The van der Waals surface area contributed by atoms with Crippen LogP contribution in [0, 0.1) is 40.5 Å². The average Bonchev–Trinajstić information content (AvgIpc) is 1.28. The van der Waals surface area contributed by atoms with Gasteiger partial charge in [0.1, 0.15) is 154 Å². The molecule has 0 radical (unpaired) electrons. The van der Waals surface area contributed by atoms with Gasteiger partial charge in [-0.05, 0) is 99.0 Å². The number of fused-ring (bicyclic) bond motifs is 2. The number of aryl methyl sites for hydroxylation is 3. The maximum atomic E-state index is 12.2. The minimum absolute atomic E-state index is 0. The zero-order valence-corrected chi connectivity index (χ0v) is 74.1. The SMILES string of the molecule is C.C#Cc1c(O)cc(O)cc1O.CCOC(=O)CC(=O)c1ccc(C)c(OC)c1.COc1cc(-c2cc(-c3c(O)cc(O)cc3O)on2)ccc1C.COc1cc(/C(Cl)=N/O)ccc1C.COc1ccc(-c2cc(=O)c3c(O)cc(O)cc3o2)cc1OC.C[Si](C)(C)I.O=c1cc(-c2ccc(O)c(O)c2)oc2cc(O)cc(O)c12.Oc1cc(O)cc(O)c1.[CH3-].[Pd]. The van der Waals surface area contributed by atoms with E-state index >= 15 is 0 Å². The first-order valence-corrected chi connectivity index (χ1v) is 42.7. The van der Waals surface area contributed by atoms with Crippen molar-refractivity contribution in [2.24, 2.45) is 5.16 Å². The minimum atomic E-state index is -0.641. The average molecular weight is 1960 g/mol.